The standard InChI is InChI=1S/C14H23N3O2S/c1-2-3-4-5-12(16-10-8-15-9-11-16)13-6-7-14(20-13)17(18)19/h6-7,12,15H,2-5,8-11H2,1H3/t12-/m1/s1. The minimum atomic E-state index is -0.283. The van der Waals surface area contributed by atoms with Crippen LogP contribution in [0.5, 0.6) is 0 Å². The number of rotatable bonds is 7. The first-order valence-electron chi connectivity index (χ1n) is 7.41. The second-order valence-corrected chi connectivity index (χ2v) is 6.32. The monoisotopic (exact) mass is 297 g/mol. The molecule has 112 valence electrons. The second kappa shape index (κ2) is 7.71. The molecule has 0 radical (unpaired) electrons. The third-order valence-electron chi connectivity index (χ3n) is 3.79. The van der Waals surface area contributed by atoms with E-state index < -0.39 is 0 Å². The predicted octanol–water partition coefficient (Wildman–Crippen LogP) is 3.18. The molecule has 0 spiro atoms. The summed E-state index contributed by atoms with van der Waals surface area (Å²) in [6, 6.07) is 3.94. The molecule has 1 aromatic rings. The molecule has 1 fully saturated rings. The van der Waals surface area contributed by atoms with Crippen LogP contribution in [0.4, 0.5) is 5.00 Å². The maximum Gasteiger partial charge on any atom is 0.324 e. The minimum absolute atomic E-state index is 0.260. The second-order valence-electron chi connectivity index (χ2n) is 5.23. The molecule has 1 N–H and O–H groups in total. The topological polar surface area (TPSA) is 58.4 Å². The van der Waals surface area contributed by atoms with Crippen molar-refractivity contribution in [3.63, 3.8) is 0 Å². The average Bonchev–Trinajstić information content (AvgIpc) is 2.94. The zero-order valence-electron chi connectivity index (χ0n) is 12.0. The third-order valence-corrected chi connectivity index (χ3v) is 4.93. The van der Waals surface area contributed by atoms with E-state index >= 15 is 0 Å². The van der Waals surface area contributed by atoms with Gasteiger partial charge in [0.25, 0.3) is 0 Å². The number of hydrogen-bond donors (Lipinski definition) is 1. The van der Waals surface area contributed by atoms with Gasteiger partial charge in [-0.05, 0) is 12.5 Å². The molecule has 1 aliphatic heterocycles. The Labute approximate surface area is 124 Å². The molecule has 0 unspecified atom stereocenters. The Balaban J connectivity index is 2.08. The summed E-state index contributed by atoms with van der Waals surface area (Å²) in [5.41, 5.74) is 0. The molecule has 0 amide bonds. The fourth-order valence-electron chi connectivity index (χ4n) is 2.71. The molecule has 6 heteroatoms. The molecule has 2 heterocycles. The van der Waals surface area contributed by atoms with Crippen LogP contribution in [-0.2, 0) is 0 Å². The Morgan fingerprint density at radius 3 is 2.75 bits per heavy atom. The summed E-state index contributed by atoms with van der Waals surface area (Å²) in [6.45, 7) is 6.29. The number of unbranched alkanes of at least 4 members (excludes halogenated alkanes) is 2. The number of thiophene rings is 1. The number of hydrogen-bond acceptors (Lipinski definition) is 5. The molecule has 2 rings (SSSR count). The summed E-state index contributed by atoms with van der Waals surface area (Å²) < 4.78 is 0. The van der Waals surface area contributed by atoms with Crippen molar-refractivity contribution in [2.75, 3.05) is 26.2 Å². The normalized spacial score (nSPS) is 18.1. The zero-order valence-corrected chi connectivity index (χ0v) is 12.8. The fraction of sp³-hybridized carbons (Fsp3) is 0.714. The summed E-state index contributed by atoms with van der Waals surface area (Å²) in [6.07, 6.45) is 4.73. The lowest BCUT2D eigenvalue weighted by Gasteiger charge is -2.34. The molecular formula is C14H23N3O2S. The van der Waals surface area contributed by atoms with E-state index in [9.17, 15) is 10.1 Å². The van der Waals surface area contributed by atoms with Crippen molar-refractivity contribution in [2.45, 2.75) is 38.6 Å². The lowest BCUT2D eigenvalue weighted by atomic mass is 10.0. The smallest absolute Gasteiger partial charge is 0.314 e. The first kappa shape index (κ1) is 15.4. The van der Waals surface area contributed by atoms with Gasteiger partial charge in [0.1, 0.15) is 0 Å². The van der Waals surface area contributed by atoms with Crippen LogP contribution in [0.2, 0.25) is 0 Å². The maximum absolute atomic E-state index is 10.9. The van der Waals surface area contributed by atoms with Gasteiger partial charge in [-0.15, -0.1) is 0 Å². The Morgan fingerprint density at radius 1 is 1.40 bits per heavy atom. The summed E-state index contributed by atoms with van der Waals surface area (Å²) in [5, 5.41) is 14.5. The molecule has 0 saturated carbocycles. The van der Waals surface area contributed by atoms with Crippen LogP contribution in [0.15, 0.2) is 12.1 Å². The van der Waals surface area contributed by atoms with Gasteiger partial charge in [0, 0.05) is 43.2 Å². The predicted molar refractivity (Wildman–Crippen MR) is 82.3 cm³/mol. The Morgan fingerprint density at radius 2 is 2.15 bits per heavy atom. The van der Waals surface area contributed by atoms with Crippen LogP contribution in [-0.4, -0.2) is 36.0 Å². The van der Waals surface area contributed by atoms with Crippen molar-refractivity contribution < 1.29 is 4.92 Å². The number of nitrogens with one attached hydrogen (secondary N) is 1. The van der Waals surface area contributed by atoms with Crippen LogP contribution in [0, 0.1) is 10.1 Å². The number of nitrogens with zero attached hydrogens (tertiary/aromatic N) is 2. The van der Waals surface area contributed by atoms with Gasteiger partial charge in [-0.25, -0.2) is 0 Å². The first-order valence-corrected chi connectivity index (χ1v) is 8.23. The lowest BCUT2D eigenvalue weighted by Crippen LogP contribution is -2.45. The highest BCUT2D eigenvalue weighted by Crippen LogP contribution is 2.35. The van der Waals surface area contributed by atoms with E-state index in [0.717, 1.165) is 37.5 Å². The minimum Gasteiger partial charge on any atom is -0.314 e. The SMILES string of the molecule is CCCCC[C@H](c1ccc([N+](=O)[O-])s1)N1CCNCC1. The van der Waals surface area contributed by atoms with Gasteiger partial charge < -0.3 is 5.32 Å². The van der Waals surface area contributed by atoms with E-state index in [2.05, 4.69) is 17.1 Å². The lowest BCUT2D eigenvalue weighted by molar-refractivity contribution is -0.380. The van der Waals surface area contributed by atoms with Crippen molar-refractivity contribution in [1.82, 2.24) is 10.2 Å². The Hall–Kier alpha value is -0.980. The van der Waals surface area contributed by atoms with Gasteiger partial charge in [0.2, 0.25) is 0 Å². The summed E-state index contributed by atoms with van der Waals surface area (Å²) in [7, 11) is 0. The van der Waals surface area contributed by atoms with E-state index in [1.54, 1.807) is 6.07 Å². The average molecular weight is 297 g/mol. The number of nitro groups is 1. The van der Waals surface area contributed by atoms with Crippen molar-refractivity contribution in [3.05, 3.63) is 27.1 Å². The van der Waals surface area contributed by atoms with Gasteiger partial charge in [-0.3, -0.25) is 15.0 Å². The molecule has 0 aromatic carbocycles. The summed E-state index contributed by atoms with van der Waals surface area (Å²) in [5.74, 6) is 0. The molecule has 1 saturated heterocycles. The molecule has 1 atom stereocenters. The molecular weight excluding hydrogens is 274 g/mol. The maximum atomic E-state index is 10.9. The van der Waals surface area contributed by atoms with Gasteiger partial charge in [-0.1, -0.05) is 37.5 Å². The van der Waals surface area contributed by atoms with Gasteiger partial charge in [0.15, 0.2) is 0 Å². The molecule has 1 aliphatic rings. The van der Waals surface area contributed by atoms with Crippen molar-refractivity contribution >= 4 is 16.3 Å². The van der Waals surface area contributed by atoms with Gasteiger partial charge in [-0.2, -0.15) is 0 Å². The van der Waals surface area contributed by atoms with Crippen molar-refractivity contribution in [2.24, 2.45) is 0 Å². The van der Waals surface area contributed by atoms with Crippen molar-refractivity contribution in [1.29, 1.82) is 0 Å². The van der Waals surface area contributed by atoms with Crippen molar-refractivity contribution in [3.8, 4) is 0 Å². The van der Waals surface area contributed by atoms with Crippen LogP contribution < -0.4 is 5.32 Å². The van der Waals surface area contributed by atoms with Crippen LogP contribution >= 0.6 is 11.3 Å². The first-order chi connectivity index (χ1) is 9.72. The van der Waals surface area contributed by atoms with Gasteiger partial charge in [0.05, 0.1) is 4.92 Å². The fourth-order valence-corrected chi connectivity index (χ4v) is 3.70. The molecule has 20 heavy (non-hydrogen) atoms. The van der Waals surface area contributed by atoms with Crippen LogP contribution in [0.1, 0.15) is 43.5 Å². The van der Waals surface area contributed by atoms with Crippen LogP contribution in [0.3, 0.4) is 0 Å². The Kier molecular flexibility index (Phi) is 5.94. The highest BCUT2D eigenvalue weighted by atomic mass is 32.1. The highest BCUT2D eigenvalue weighted by molar-refractivity contribution is 7.15. The van der Waals surface area contributed by atoms with E-state index in [1.807, 2.05) is 6.07 Å². The Bertz CT molecular complexity index is 430. The summed E-state index contributed by atoms with van der Waals surface area (Å²) in [4.78, 5) is 14.2. The quantitative estimate of drug-likeness (QED) is 0.477. The number of piperazine rings is 1. The molecule has 5 nitrogen and oxygen atoms in total. The van der Waals surface area contributed by atoms with Crippen LogP contribution in [0.25, 0.3) is 0 Å². The summed E-state index contributed by atoms with van der Waals surface area (Å²) >= 11 is 1.34. The largest absolute Gasteiger partial charge is 0.324 e. The highest BCUT2D eigenvalue weighted by Gasteiger charge is 2.24. The van der Waals surface area contributed by atoms with Gasteiger partial charge >= 0.3 is 5.00 Å². The molecule has 0 bridgehead atoms. The van der Waals surface area contributed by atoms with E-state index in [0.29, 0.717) is 6.04 Å². The van der Waals surface area contributed by atoms with E-state index in [-0.39, 0.29) is 9.92 Å². The van der Waals surface area contributed by atoms with E-state index in [1.165, 1.54) is 30.6 Å². The zero-order chi connectivity index (χ0) is 14.4. The molecule has 1 aromatic heterocycles. The third kappa shape index (κ3) is 4.01. The van der Waals surface area contributed by atoms with E-state index in [4.69, 9.17) is 0 Å². The molecule has 0 aliphatic carbocycles.